The smallest absolute Gasteiger partial charge is 0.258 e. The van der Waals surface area contributed by atoms with E-state index < -0.39 is 0 Å². The standard InChI is InChI=1S/C23H24N4O2/c1-26-14-19(22(25-26)16-7-3-2-4-8-16)23(28)27-18-10-11-20(27)17(13-18)15-29-21-9-5-6-12-24-21/h2-9,12,14,17-18,20H,10-11,13,15H2,1H3. The molecule has 5 rings (SSSR count). The number of benzene rings is 1. The van der Waals surface area contributed by atoms with Crippen molar-refractivity contribution in [3.8, 4) is 17.1 Å². The maximum Gasteiger partial charge on any atom is 0.258 e. The van der Waals surface area contributed by atoms with Crippen LogP contribution in [-0.4, -0.2) is 44.3 Å². The van der Waals surface area contributed by atoms with Crippen LogP contribution < -0.4 is 4.74 Å². The van der Waals surface area contributed by atoms with Gasteiger partial charge in [-0.25, -0.2) is 4.98 Å². The Morgan fingerprint density at radius 2 is 1.97 bits per heavy atom. The molecule has 6 heteroatoms. The van der Waals surface area contributed by atoms with Gasteiger partial charge in [-0.15, -0.1) is 0 Å². The first kappa shape index (κ1) is 17.9. The third kappa shape index (κ3) is 3.28. The van der Waals surface area contributed by atoms with Crippen LogP contribution in [0.1, 0.15) is 29.6 Å². The minimum absolute atomic E-state index is 0.0878. The molecule has 1 amide bonds. The number of ether oxygens (including phenoxy) is 1. The van der Waals surface area contributed by atoms with Crippen LogP contribution in [-0.2, 0) is 7.05 Å². The highest BCUT2D eigenvalue weighted by Crippen LogP contribution is 2.43. The van der Waals surface area contributed by atoms with Crippen LogP contribution in [0.3, 0.4) is 0 Å². The van der Waals surface area contributed by atoms with Crippen molar-refractivity contribution in [3.63, 3.8) is 0 Å². The van der Waals surface area contributed by atoms with Crippen LogP contribution in [0.15, 0.2) is 60.9 Å². The lowest BCUT2D eigenvalue weighted by molar-refractivity contribution is 0.0710. The third-order valence-corrected chi connectivity index (χ3v) is 6.09. The molecule has 148 valence electrons. The monoisotopic (exact) mass is 388 g/mol. The molecule has 0 saturated carbocycles. The third-order valence-electron chi connectivity index (χ3n) is 6.09. The van der Waals surface area contributed by atoms with Crippen molar-refractivity contribution in [1.82, 2.24) is 19.7 Å². The molecule has 1 aromatic carbocycles. The van der Waals surface area contributed by atoms with E-state index in [0.29, 0.717) is 24.0 Å². The molecule has 3 aromatic rings. The van der Waals surface area contributed by atoms with Gasteiger partial charge in [0.05, 0.1) is 12.2 Å². The topological polar surface area (TPSA) is 60.2 Å². The van der Waals surface area contributed by atoms with Gasteiger partial charge in [0.25, 0.3) is 5.91 Å². The molecule has 0 spiro atoms. The fourth-order valence-electron chi connectivity index (χ4n) is 4.83. The number of nitrogens with zero attached hydrogens (tertiary/aromatic N) is 4. The number of aromatic nitrogens is 3. The van der Waals surface area contributed by atoms with Crippen LogP contribution in [0.2, 0.25) is 0 Å². The van der Waals surface area contributed by atoms with Crippen molar-refractivity contribution in [2.24, 2.45) is 13.0 Å². The summed E-state index contributed by atoms with van der Waals surface area (Å²) < 4.78 is 7.64. The van der Waals surface area contributed by atoms with Crippen molar-refractivity contribution in [2.45, 2.75) is 31.3 Å². The van der Waals surface area contributed by atoms with Crippen LogP contribution in [0.4, 0.5) is 0 Å². The van der Waals surface area contributed by atoms with Crippen molar-refractivity contribution >= 4 is 5.91 Å². The SMILES string of the molecule is Cn1cc(C(=O)N2C3CCC2C(COc2ccccn2)C3)c(-c2ccccc2)n1. The minimum atomic E-state index is 0.0878. The highest BCUT2D eigenvalue weighted by atomic mass is 16.5. The molecule has 0 N–H and O–H groups in total. The average molecular weight is 388 g/mol. The maximum atomic E-state index is 13.6. The summed E-state index contributed by atoms with van der Waals surface area (Å²) in [6, 6.07) is 16.1. The second-order valence-electron chi connectivity index (χ2n) is 7.92. The molecule has 6 nitrogen and oxygen atoms in total. The molecule has 2 bridgehead atoms. The molecule has 2 aliphatic heterocycles. The van der Waals surface area contributed by atoms with Crippen molar-refractivity contribution in [1.29, 1.82) is 0 Å². The predicted molar refractivity (Wildman–Crippen MR) is 109 cm³/mol. The molecule has 29 heavy (non-hydrogen) atoms. The molecule has 3 atom stereocenters. The summed E-state index contributed by atoms with van der Waals surface area (Å²) >= 11 is 0. The number of pyridine rings is 1. The molecule has 0 radical (unpaired) electrons. The van der Waals surface area contributed by atoms with E-state index in [9.17, 15) is 4.79 Å². The largest absolute Gasteiger partial charge is 0.477 e. The van der Waals surface area contributed by atoms with E-state index >= 15 is 0 Å². The van der Waals surface area contributed by atoms with Gasteiger partial charge in [-0.2, -0.15) is 5.10 Å². The Balaban J connectivity index is 1.36. The zero-order valence-electron chi connectivity index (χ0n) is 16.4. The summed E-state index contributed by atoms with van der Waals surface area (Å²) in [4.78, 5) is 19.9. The fourth-order valence-corrected chi connectivity index (χ4v) is 4.83. The summed E-state index contributed by atoms with van der Waals surface area (Å²) in [6.07, 6.45) is 6.68. The van der Waals surface area contributed by atoms with Crippen LogP contribution in [0.5, 0.6) is 5.88 Å². The van der Waals surface area contributed by atoms with E-state index in [-0.39, 0.29) is 18.0 Å². The van der Waals surface area contributed by atoms with Crippen LogP contribution >= 0.6 is 0 Å². The second-order valence-corrected chi connectivity index (χ2v) is 7.92. The molecule has 4 heterocycles. The van der Waals surface area contributed by atoms with E-state index in [1.807, 2.05) is 61.8 Å². The Kier molecular flexibility index (Phi) is 4.54. The Morgan fingerprint density at radius 1 is 1.14 bits per heavy atom. The van der Waals surface area contributed by atoms with Crippen LogP contribution in [0.25, 0.3) is 11.3 Å². The number of rotatable bonds is 5. The summed E-state index contributed by atoms with van der Waals surface area (Å²) in [5.74, 6) is 1.08. The average Bonchev–Trinajstić information content (AvgIpc) is 3.45. The summed E-state index contributed by atoms with van der Waals surface area (Å²) in [6.45, 7) is 0.598. The Morgan fingerprint density at radius 3 is 2.76 bits per heavy atom. The molecule has 3 unspecified atom stereocenters. The first-order valence-corrected chi connectivity index (χ1v) is 10.2. The zero-order chi connectivity index (χ0) is 19.8. The number of fused-ring (bicyclic) bond motifs is 2. The molecule has 2 fully saturated rings. The van der Waals surface area contributed by atoms with E-state index in [2.05, 4.69) is 15.0 Å². The fraction of sp³-hybridized carbons (Fsp3) is 0.348. The Hall–Kier alpha value is -3.15. The van der Waals surface area contributed by atoms with Gasteiger partial charge in [-0.3, -0.25) is 9.48 Å². The summed E-state index contributed by atoms with van der Waals surface area (Å²) in [5.41, 5.74) is 2.41. The van der Waals surface area contributed by atoms with Crippen molar-refractivity contribution in [3.05, 3.63) is 66.5 Å². The zero-order valence-corrected chi connectivity index (χ0v) is 16.4. The van der Waals surface area contributed by atoms with Gasteiger partial charge in [0.2, 0.25) is 5.88 Å². The van der Waals surface area contributed by atoms with E-state index in [1.165, 1.54) is 0 Å². The van der Waals surface area contributed by atoms with Gasteiger partial charge in [-0.05, 0) is 25.3 Å². The quantitative estimate of drug-likeness (QED) is 0.671. The molecule has 0 aliphatic carbocycles. The second kappa shape index (κ2) is 7.35. The highest BCUT2D eigenvalue weighted by molar-refractivity contribution is 6.00. The van der Waals surface area contributed by atoms with Gasteiger partial charge in [0.15, 0.2) is 0 Å². The van der Waals surface area contributed by atoms with Crippen molar-refractivity contribution in [2.75, 3.05) is 6.61 Å². The van der Waals surface area contributed by atoms with E-state index in [4.69, 9.17) is 4.74 Å². The lowest BCUT2D eigenvalue weighted by atomic mass is 9.90. The minimum Gasteiger partial charge on any atom is -0.477 e. The number of carbonyl (C=O) groups excluding carboxylic acids is 1. The lowest BCUT2D eigenvalue weighted by Crippen LogP contribution is -2.37. The molecule has 2 aromatic heterocycles. The molecular weight excluding hydrogens is 364 g/mol. The first-order chi connectivity index (χ1) is 14.2. The van der Waals surface area contributed by atoms with Gasteiger partial charge in [0, 0.05) is 49.1 Å². The lowest BCUT2D eigenvalue weighted by Gasteiger charge is -2.24. The Labute approximate surface area is 170 Å². The number of hydrogen-bond donors (Lipinski definition) is 0. The number of aryl methyl sites for hydroxylation is 1. The normalized spacial score (nSPS) is 22.8. The number of carbonyl (C=O) groups is 1. The first-order valence-electron chi connectivity index (χ1n) is 10.2. The van der Waals surface area contributed by atoms with Crippen molar-refractivity contribution < 1.29 is 9.53 Å². The van der Waals surface area contributed by atoms with Gasteiger partial charge in [-0.1, -0.05) is 36.4 Å². The van der Waals surface area contributed by atoms with Gasteiger partial charge >= 0.3 is 0 Å². The van der Waals surface area contributed by atoms with E-state index in [0.717, 1.165) is 30.5 Å². The van der Waals surface area contributed by atoms with Gasteiger partial charge in [0.1, 0.15) is 5.69 Å². The number of amides is 1. The molecule has 2 aliphatic rings. The predicted octanol–water partition coefficient (Wildman–Crippen LogP) is 3.55. The summed E-state index contributed by atoms with van der Waals surface area (Å²) in [5, 5.41) is 4.58. The van der Waals surface area contributed by atoms with Crippen LogP contribution in [0, 0.1) is 5.92 Å². The van der Waals surface area contributed by atoms with E-state index in [1.54, 1.807) is 10.9 Å². The van der Waals surface area contributed by atoms with Gasteiger partial charge < -0.3 is 9.64 Å². The summed E-state index contributed by atoms with van der Waals surface area (Å²) in [7, 11) is 1.87. The Bertz CT molecular complexity index is 1000. The highest BCUT2D eigenvalue weighted by Gasteiger charge is 2.49. The molecular formula is C23H24N4O2. The number of hydrogen-bond acceptors (Lipinski definition) is 4. The molecule has 2 saturated heterocycles. The maximum absolute atomic E-state index is 13.6.